The molecule has 29 heavy (non-hydrogen) atoms. The zero-order valence-electron chi connectivity index (χ0n) is 16.7. The van der Waals surface area contributed by atoms with Gasteiger partial charge in [0.2, 0.25) is 0 Å². The lowest BCUT2D eigenvalue weighted by atomic mass is 10.1. The molecule has 2 aromatic heterocycles. The Labute approximate surface area is 180 Å². The molecular weight excluding hydrogens is 396 g/mol. The summed E-state index contributed by atoms with van der Waals surface area (Å²) in [6.45, 7) is 0. The fraction of sp³-hybridized carbons (Fsp3) is 0.391. The Hall–Kier alpha value is -1.92. The highest BCUT2D eigenvalue weighted by Crippen LogP contribution is 2.22. The summed E-state index contributed by atoms with van der Waals surface area (Å²) >= 11 is 3.68. The summed E-state index contributed by atoms with van der Waals surface area (Å²) in [6.07, 6.45) is 9.22. The third-order valence-electron chi connectivity index (χ3n) is 5.00. The van der Waals surface area contributed by atoms with Crippen molar-refractivity contribution in [3.63, 3.8) is 0 Å². The minimum atomic E-state index is 1.05. The molecule has 2 aromatic carbocycles. The average Bonchev–Trinajstić information content (AvgIpc) is 3.35. The van der Waals surface area contributed by atoms with E-state index >= 15 is 0 Å². The summed E-state index contributed by atoms with van der Waals surface area (Å²) in [4.78, 5) is 16.0. The standard InChI is InChI=1S/C23H28N4S2/c1(2-4-10-16-28-22-24-18-12-6-7-13-19(18)25-22)3-5-11-17-29-23-26-20-14-8-9-15-21(20)27-23/h6-9,12-15H,1-5,10-11,16-17H2,(H,24,25)(H,26,27). The number of unbranched alkanes of at least 4 members (excludes halogenated alkanes) is 6. The molecule has 0 fully saturated rings. The van der Waals surface area contributed by atoms with E-state index in [-0.39, 0.29) is 0 Å². The average molecular weight is 425 g/mol. The number of H-pyrrole nitrogens is 2. The molecular formula is C23H28N4S2. The summed E-state index contributed by atoms with van der Waals surface area (Å²) in [5, 5.41) is 2.10. The largest absolute Gasteiger partial charge is 0.333 e. The first kappa shape index (κ1) is 20.4. The summed E-state index contributed by atoms with van der Waals surface area (Å²) < 4.78 is 0. The van der Waals surface area contributed by atoms with Crippen molar-refractivity contribution in [2.75, 3.05) is 11.5 Å². The Morgan fingerprint density at radius 1 is 0.552 bits per heavy atom. The molecule has 0 amide bonds. The number of aromatic nitrogens is 4. The molecule has 4 nitrogen and oxygen atoms in total. The molecule has 4 rings (SSSR count). The highest BCUT2D eigenvalue weighted by atomic mass is 32.2. The van der Waals surface area contributed by atoms with Gasteiger partial charge in [-0.25, -0.2) is 9.97 Å². The lowest BCUT2D eigenvalue weighted by Gasteiger charge is -2.02. The lowest BCUT2D eigenvalue weighted by molar-refractivity contribution is 0.605. The van der Waals surface area contributed by atoms with Crippen LogP contribution in [0.2, 0.25) is 0 Å². The first-order valence-corrected chi connectivity index (χ1v) is 12.5. The van der Waals surface area contributed by atoms with Gasteiger partial charge in [0.1, 0.15) is 0 Å². The van der Waals surface area contributed by atoms with E-state index in [2.05, 4.69) is 44.2 Å². The number of para-hydroxylation sites is 4. The fourth-order valence-corrected chi connectivity index (χ4v) is 5.19. The van der Waals surface area contributed by atoms with Crippen LogP contribution in [0.1, 0.15) is 44.9 Å². The van der Waals surface area contributed by atoms with E-state index in [1.165, 1.54) is 44.9 Å². The molecule has 2 heterocycles. The Morgan fingerprint density at radius 3 is 1.41 bits per heavy atom. The van der Waals surface area contributed by atoms with Gasteiger partial charge >= 0.3 is 0 Å². The van der Waals surface area contributed by atoms with Crippen molar-refractivity contribution in [3.8, 4) is 0 Å². The van der Waals surface area contributed by atoms with Crippen LogP contribution in [0.15, 0.2) is 58.8 Å². The van der Waals surface area contributed by atoms with Gasteiger partial charge in [-0.1, -0.05) is 79.9 Å². The van der Waals surface area contributed by atoms with Gasteiger partial charge in [0.25, 0.3) is 0 Å². The molecule has 0 radical (unpaired) electrons. The Morgan fingerprint density at radius 2 is 0.966 bits per heavy atom. The molecule has 0 saturated carbocycles. The molecule has 0 spiro atoms. The zero-order valence-corrected chi connectivity index (χ0v) is 18.3. The summed E-state index contributed by atoms with van der Waals surface area (Å²) in [5.74, 6) is 2.29. The number of rotatable bonds is 12. The molecule has 4 aromatic rings. The summed E-state index contributed by atoms with van der Waals surface area (Å²) in [6, 6.07) is 16.5. The normalized spacial score (nSPS) is 11.6. The monoisotopic (exact) mass is 424 g/mol. The van der Waals surface area contributed by atoms with Gasteiger partial charge in [0, 0.05) is 11.5 Å². The van der Waals surface area contributed by atoms with Gasteiger partial charge in [0.15, 0.2) is 10.3 Å². The summed E-state index contributed by atoms with van der Waals surface area (Å²) in [7, 11) is 0. The number of hydrogen-bond donors (Lipinski definition) is 2. The second kappa shape index (κ2) is 10.7. The third-order valence-corrected chi connectivity index (χ3v) is 6.92. The van der Waals surface area contributed by atoms with E-state index in [1.807, 2.05) is 47.8 Å². The van der Waals surface area contributed by atoms with Crippen molar-refractivity contribution in [2.45, 2.75) is 55.3 Å². The molecule has 152 valence electrons. The lowest BCUT2D eigenvalue weighted by Crippen LogP contribution is -1.86. The van der Waals surface area contributed by atoms with Crippen molar-refractivity contribution in [2.24, 2.45) is 0 Å². The van der Waals surface area contributed by atoms with E-state index in [1.54, 1.807) is 0 Å². The van der Waals surface area contributed by atoms with Gasteiger partial charge in [-0.15, -0.1) is 0 Å². The highest BCUT2D eigenvalue weighted by Gasteiger charge is 2.03. The SMILES string of the molecule is c1ccc2[nH]c(SCCCCCCCCCSc3nc4ccccc4[nH]3)nc2c1. The van der Waals surface area contributed by atoms with Gasteiger partial charge in [0.05, 0.1) is 22.1 Å². The van der Waals surface area contributed by atoms with Crippen LogP contribution in [-0.4, -0.2) is 31.4 Å². The van der Waals surface area contributed by atoms with E-state index in [0.29, 0.717) is 0 Å². The van der Waals surface area contributed by atoms with E-state index < -0.39 is 0 Å². The van der Waals surface area contributed by atoms with E-state index in [4.69, 9.17) is 0 Å². The van der Waals surface area contributed by atoms with Crippen molar-refractivity contribution in [3.05, 3.63) is 48.5 Å². The first-order valence-electron chi connectivity index (χ1n) is 10.5. The number of aromatic amines is 2. The maximum Gasteiger partial charge on any atom is 0.166 e. The van der Waals surface area contributed by atoms with Crippen LogP contribution < -0.4 is 0 Å². The molecule has 0 bridgehead atoms. The minimum absolute atomic E-state index is 1.05. The smallest absolute Gasteiger partial charge is 0.166 e. The Kier molecular flexibility index (Phi) is 7.54. The van der Waals surface area contributed by atoms with Crippen LogP contribution in [0.5, 0.6) is 0 Å². The minimum Gasteiger partial charge on any atom is -0.333 e. The number of nitrogens with one attached hydrogen (secondary N) is 2. The fourth-order valence-electron chi connectivity index (χ4n) is 3.42. The van der Waals surface area contributed by atoms with Crippen LogP contribution >= 0.6 is 23.5 Å². The van der Waals surface area contributed by atoms with Crippen LogP contribution in [0, 0.1) is 0 Å². The molecule has 0 saturated heterocycles. The Balaban J connectivity index is 1.000. The van der Waals surface area contributed by atoms with Crippen molar-refractivity contribution in [1.82, 2.24) is 19.9 Å². The van der Waals surface area contributed by atoms with E-state index in [0.717, 1.165) is 43.9 Å². The highest BCUT2D eigenvalue weighted by molar-refractivity contribution is 7.99. The number of hydrogen-bond acceptors (Lipinski definition) is 4. The topological polar surface area (TPSA) is 57.4 Å². The first-order chi connectivity index (χ1) is 14.4. The predicted molar refractivity (Wildman–Crippen MR) is 126 cm³/mol. The number of nitrogens with zero attached hydrogens (tertiary/aromatic N) is 2. The molecule has 0 unspecified atom stereocenters. The number of thioether (sulfide) groups is 2. The summed E-state index contributed by atoms with van der Waals surface area (Å²) in [5.41, 5.74) is 4.39. The third kappa shape index (κ3) is 6.03. The molecule has 0 aliphatic heterocycles. The number of imidazole rings is 2. The molecule has 0 aliphatic carbocycles. The predicted octanol–water partition coefficient (Wildman–Crippen LogP) is 7.05. The van der Waals surface area contributed by atoms with Crippen LogP contribution in [0.25, 0.3) is 22.1 Å². The zero-order chi connectivity index (χ0) is 19.7. The number of benzene rings is 2. The second-order valence-electron chi connectivity index (χ2n) is 7.29. The maximum atomic E-state index is 4.62. The van der Waals surface area contributed by atoms with E-state index in [9.17, 15) is 0 Å². The van der Waals surface area contributed by atoms with Crippen molar-refractivity contribution in [1.29, 1.82) is 0 Å². The van der Waals surface area contributed by atoms with Gasteiger partial charge < -0.3 is 9.97 Å². The second-order valence-corrected chi connectivity index (χ2v) is 9.46. The van der Waals surface area contributed by atoms with Gasteiger partial charge in [-0.05, 0) is 37.1 Å². The number of fused-ring (bicyclic) bond motifs is 2. The van der Waals surface area contributed by atoms with Crippen LogP contribution in [0.4, 0.5) is 0 Å². The maximum absolute atomic E-state index is 4.62. The van der Waals surface area contributed by atoms with Gasteiger partial charge in [-0.3, -0.25) is 0 Å². The van der Waals surface area contributed by atoms with Crippen molar-refractivity contribution < 1.29 is 0 Å². The van der Waals surface area contributed by atoms with Crippen LogP contribution in [-0.2, 0) is 0 Å². The van der Waals surface area contributed by atoms with Gasteiger partial charge in [-0.2, -0.15) is 0 Å². The molecule has 6 heteroatoms. The van der Waals surface area contributed by atoms with Crippen LogP contribution in [0.3, 0.4) is 0 Å². The molecule has 2 N–H and O–H groups in total. The Bertz CT molecular complexity index is 876. The molecule has 0 atom stereocenters. The quantitative estimate of drug-likeness (QED) is 0.189. The van der Waals surface area contributed by atoms with Crippen molar-refractivity contribution >= 4 is 45.6 Å². The molecule has 0 aliphatic rings.